The Morgan fingerprint density at radius 1 is 1.19 bits per heavy atom. The lowest BCUT2D eigenvalue weighted by atomic mass is 10.1. The van der Waals surface area contributed by atoms with Crippen molar-refractivity contribution >= 4 is 11.9 Å². The molecule has 0 aromatic heterocycles. The number of benzene rings is 1. The Bertz CT molecular complexity index is 600. The summed E-state index contributed by atoms with van der Waals surface area (Å²) in [5.41, 5.74) is 1.70. The summed E-state index contributed by atoms with van der Waals surface area (Å²) in [5, 5.41) is 9.50. The van der Waals surface area contributed by atoms with E-state index < -0.39 is 0 Å². The van der Waals surface area contributed by atoms with Gasteiger partial charge in [0, 0.05) is 38.4 Å². The predicted octanol–water partition coefficient (Wildman–Crippen LogP) is 2.70. The number of amides is 1. The van der Waals surface area contributed by atoms with E-state index >= 15 is 0 Å². The van der Waals surface area contributed by atoms with Crippen molar-refractivity contribution in [1.82, 2.24) is 16.0 Å². The largest absolute Gasteiger partial charge is 0.381 e. The molecule has 0 unspecified atom stereocenters. The number of guanidine groups is 1. The van der Waals surface area contributed by atoms with Crippen LogP contribution in [0.15, 0.2) is 29.3 Å². The molecule has 1 aromatic rings. The van der Waals surface area contributed by atoms with Crippen LogP contribution in [0.2, 0.25) is 0 Å². The summed E-state index contributed by atoms with van der Waals surface area (Å²) in [5.74, 6) is 1.58. The van der Waals surface area contributed by atoms with Crippen molar-refractivity contribution in [2.45, 2.75) is 46.1 Å². The first kappa shape index (κ1) is 21.2. The van der Waals surface area contributed by atoms with E-state index in [1.54, 1.807) is 0 Å². The Balaban J connectivity index is 1.77. The highest BCUT2D eigenvalue weighted by atomic mass is 16.5. The summed E-state index contributed by atoms with van der Waals surface area (Å²) in [6.07, 6.45) is 4.55. The van der Waals surface area contributed by atoms with Crippen molar-refractivity contribution in [3.63, 3.8) is 0 Å². The van der Waals surface area contributed by atoms with Crippen molar-refractivity contribution in [3.8, 4) is 0 Å². The van der Waals surface area contributed by atoms with Crippen LogP contribution in [0.1, 0.15) is 55.5 Å². The maximum Gasteiger partial charge on any atom is 0.251 e. The van der Waals surface area contributed by atoms with Gasteiger partial charge in [-0.1, -0.05) is 19.1 Å². The molecule has 1 saturated carbocycles. The Kier molecular flexibility index (Phi) is 9.69. The number of hydrogen-bond donors (Lipinski definition) is 3. The zero-order valence-electron chi connectivity index (χ0n) is 16.7. The zero-order valence-corrected chi connectivity index (χ0v) is 16.7. The molecule has 27 heavy (non-hydrogen) atoms. The fourth-order valence-electron chi connectivity index (χ4n) is 2.58. The molecule has 150 valence electrons. The van der Waals surface area contributed by atoms with Gasteiger partial charge in [0.25, 0.3) is 5.91 Å². The summed E-state index contributed by atoms with van der Waals surface area (Å²) in [4.78, 5) is 16.7. The SMILES string of the molecule is CCCNC(=O)c1cccc(CN=C(NCC)NCCCOCC2CC2)c1. The van der Waals surface area contributed by atoms with Crippen LogP contribution >= 0.6 is 0 Å². The van der Waals surface area contributed by atoms with Crippen LogP contribution in [0.4, 0.5) is 0 Å². The van der Waals surface area contributed by atoms with E-state index in [9.17, 15) is 4.79 Å². The van der Waals surface area contributed by atoms with E-state index in [1.165, 1.54) is 12.8 Å². The highest BCUT2D eigenvalue weighted by Gasteiger charge is 2.20. The number of hydrogen-bond acceptors (Lipinski definition) is 3. The van der Waals surface area contributed by atoms with E-state index in [0.29, 0.717) is 18.7 Å². The Morgan fingerprint density at radius 3 is 2.78 bits per heavy atom. The lowest BCUT2D eigenvalue weighted by Crippen LogP contribution is -2.38. The average molecular weight is 375 g/mol. The average Bonchev–Trinajstić information content (AvgIpc) is 3.51. The topological polar surface area (TPSA) is 74.8 Å². The molecule has 0 bridgehead atoms. The molecule has 2 rings (SSSR count). The molecule has 0 spiro atoms. The predicted molar refractivity (Wildman–Crippen MR) is 110 cm³/mol. The first-order chi connectivity index (χ1) is 13.2. The molecule has 0 heterocycles. The second-order valence-electron chi connectivity index (χ2n) is 6.95. The molecule has 6 nitrogen and oxygen atoms in total. The Hall–Kier alpha value is -2.08. The molecular weight excluding hydrogens is 340 g/mol. The van der Waals surface area contributed by atoms with Gasteiger partial charge in [-0.15, -0.1) is 0 Å². The molecule has 1 fully saturated rings. The molecule has 0 saturated heterocycles. The third kappa shape index (κ3) is 8.91. The smallest absolute Gasteiger partial charge is 0.251 e. The van der Waals surface area contributed by atoms with Crippen LogP contribution in [0.5, 0.6) is 0 Å². The molecule has 0 aliphatic heterocycles. The highest BCUT2D eigenvalue weighted by molar-refractivity contribution is 5.94. The minimum atomic E-state index is -0.0288. The van der Waals surface area contributed by atoms with E-state index in [4.69, 9.17) is 4.74 Å². The van der Waals surface area contributed by atoms with Crippen molar-refractivity contribution in [2.24, 2.45) is 10.9 Å². The third-order valence-electron chi connectivity index (χ3n) is 4.30. The molecule has 0 radical (unpaired) electrons. The van der Waals surface area contributed by atoms with Crippen molar-refractivity contribution in [3.05, 3.63) is 35.4 Å². The maximum absolute atomic E-state index is 12.1. The van der Waals surface area contributed by atoms with Crippen LogP contribution < -0.4 is 16.0 Å². The van der Waals surface area contributed by atoms with E-state index in [2.05, 4.69) is 27.9 Å². The van der Waals surface area contributed by atoms with Gasteiger partial charge in [0.1, 0.15) is 0 Å². The summed E-state index contributed by atoms with van der Waals surface area (Å²) < 4.78 is 5.65. The fraction of sp³-hybridized carbons (Fsp3) is 0.619. The van der Waals surface area contributed by atoms with Gasteiger partial charge in [0.15, 0.2) is 5.96 Å². The minimum absolute atomic E-state index is 0.0288. The van der Waals surface area contributed by atoms with E-state index in [-0.39, 0.29) is 5.91 Å². The van der Waals surface area contributed by atoms with Gasteiger partial charge >= 0.3 is 0 Å². The van der Waals surface area contributed by atoms with Crippen LogP contribution in [0.3, 0.4) is 0 Å². The molecular formula is C21H34N4O2. The second-order valence-corrected chi connectivity index (χ2v) is 6.95. The van der Waals surface area contributed by atoms with Gasteiger partial charge in [-0.05, 0) is 56.2 Å². The number of nitrogens with zero attached hydrogens (tertiary/aromatic N) is 1. The molecule has 0 atom stereocenters. The number of rotatable bonds is 12. The standard InChI is InChI=1S/C21H34N4O2/c1-3-11-23-20(26)19-8-5-7-18(14-19)15-25-21(22-4-2)24-12-6-13-27-16-17-9-10-17/h5,7-8,14,17H,3-4,6,9-13,15-16H2,1-2H3,(H,23,26)(H2,22,24,25). The van der Waals surface area contributed by atoms with Crippen molar-refractivity contribution < 1.29 is 9.53 Å². The Morgan fingerprint density at radius 2 is 2.04 bits per heavy atom. The monoisotopic (exact) mass is 374 g/mol. The first-order valence-electron chi connectivity index (χ1n) is 10.2. The minimum Gasteiger partial charge on any atom is -0.381 e. The van der Waals surface area contributed by atoms with E-state index in [1.807, 2.05) is 31.2 Å². The maximum atomic E-state index is 12.1. The molecule has 1 aromatic carbocycles. The normalized spacial score (nSPS) is 14.1. The molecule has 1 aliphatic carbocycles. The quantitative estimate of drug-likeness (QED) is 0.299. The van der Waals surface area contributed by atoms with Gasteiger partial charge in [-0.2, -0.15) is 0 Å². The lowest BCUT2D eigenvalue weighted by molar-refractivity contribution is 0.0953. The number of ether oxygens (including phenoxy) is 1. The number of nitrogens with one attached hydrogen (secondary N) is 3. The van der Waals surface area contributed by atoms with Gasteiger partial charge in [-0.25, -0.2) is 4.99 Å². The number of aliphatic imine (C=N–C) groups is 1. The van der Waals surface area contributed by atoms with Gasteiger partial charge in [0.05, 0.1) is 6.54 Å². The third-order valence-corrected chi connectivity index (χ3v) is 4.30. The summed E-state index contributed by atoms with van der Waals surface area (Å²) >= 11 is 0. The zero-order chi connectivity index (χ0) is 19.3. The molecule has 1 amide bonds. The number of carbonyl (C=O) groups excluding carboxylic acids is 1. The first-order valence-corrected chi connectivity index (χ1v) is 10.2. The van der Waals surface area contributed by atoms with Crippen LogP contribution in [0.25, 0.3) is 0 Å². The van der Waals surface area contributed by atoms with Crippen LogP contribution in [-0.2, 0) is 11.3 Å². The molecule has 6 heteroatoms. The van der Waals surface area contributed by atoms with E-state index in [0.717, 1.165) is 56.6 Å². The summed E-state index contributed by atoms with van der Waals surface area (Å²) in [6.45, 7) is 8.66. The van der Waals surface area contributed by atoms with Gasteiger partial charge in [-0.3, -0.25) is 4.79 Å². The van der Waals surface area contributed by atoms with Crippen molar-refractivity contribution in [2.75, 3.05) is 32.8 Å². The molecule has 1 aliphatic rings. The second kappa shape index (κ2) is 12.3. The van der Waals surface area contributed by atoms with Crippen molar-refractivity contribution in [1.29, 1.82) is 0 Å². The highest BCUT2D eigenvalue weighted by Crippen LogP contribution is 2.28. The molecule has 3 N–H and O–H groups in total. The summed E-state index contributed by atoms with van der Waals surface area (Å²) in [6, 6.07) is 7.64. The fourth-order valence-corrected chi connectivity index (χ4v) is 2.58. The Labute approximate surface area is 163 Å². The number of carbonyl (C=O) groups is 1. The van der Waals surface area contributed by atoms with Crippen LogP contribution in [0, 0.1) is 5.92 Å². The van der Waals surface area contributed by atoms with Crippen LogP contribution in [-0.4, -0.2) is 44.7 Å². The van der Waals surface area contributed by atoms with Gasteiger partial charge < -0.3 is 20.7 Å². The lowest BCUT2D eigenvalue weighted by Gasteiger charge is -2.11. The summed E-state index contributed by atoms with van der Waals surface area (Å²) in [7, 11) is 0. The van der Waals surface area contributed by atoms with Gasteiger partial charge in [0.2, 0.25) is 0 Å².